The average Bonchev–Trinajstić information content (AvgIpc) is 2.57. The molecule has 0 aliphatic carbocycles. The number of hydrogen-bond acceptors (Lipinski definition) is 3. The van der Waals surface area contributed by atoms with E-state index >= 15 is 0 Å². The zero-order chi connectivity index (χ0) is 9.68. The molecule has 0 aliphatic rings. The van der Waals surface area contributed by atoms with Gasteiger partial charge in [0, 0.05) is 6.04 Å². The number of hydrogen-bond donors (Lipinski definition) is 2. The first kappa shape index (κ1) is 10.3. The second-order valence-corrected chi connectivity index (χ2v) is 3.49. The van der Waals surface area contributed by atoms with E-state index in [9.17, 15) is 0 Å². The normalized spacial score (nSPS) is 13.5. The number of aliphatic hydroxyl groups excluding tert-OH is 1. The molecule has 0 aromatic carbocycles. The molecule has 0 amide bonds. The Kier molecular flexibility index (Phi) is 3.99. The standard InChI is InChI=1S/C10H17NO2/c1-8(2)10(7-12)11-6-9-4-3-5-13-9/h3-5,8,10-12H,6-7H2,1-2H3. The van der Waals surface area contributed by atoms with Crippen LogP contribution in [0.2, 0.25) is 0 Å². The molecule has 1 heterocycles. The van der Waals surface area contributed by atoms with Crippen LogP contribution in [0.3, 0.4) is 0 Å². The molecule has 0 radical (unpaired) electrons. The molecule has 1 rings (SSSR count). The molecule has 13 heavy (non-hydrogen) atoms. The quantitative estimate of drug-likeness (QED) is 0.725. The van der Waals surface area contributed by atoms with Crippen molar-refractivity contribution >= 4 is 0 Å². The topological polar surface area (TPSA) is 45.4 Å². The predicted octanol–water partition coefficient (Wildman–Crippen LogP) is 1.39. The monoisotopic (exact) mass is 183 g/mol. The zero-order valence-corrected chi connectivity index (χ0v) is 8.16. The van der Waals surface area contributed by atoms with Gasteiger partial charge in [0.2, 0.25) is 0 Å². The summed E-state index contributed by atoms with van der Waals surface area (Å²) in [5, 5.41) is 12.3. The van der Waals surface area contributed by atoms with Crippen LogP contribution in [0.15, 0.2) is 22.8 Å². The lowest BCUT2D eigenvalue weighted by molar-refractivity contribution is 0.207. The molecule has 74 valence electrons. The minimum absolute atomic E-state index is 0.144. The predicted molar refractivity (Wildman–Crippen MR) is 51.3 cm³/mol. The summed E-state index contributed by atoms with van der Waals surface area (Å²) < 4.78 is 5.16. The van der Waals surface area contributed by atoms with Crippen molar-refractivity contribution in [1.82, 2.24) is 5.32 Å². The summed E-state index contributed by atoms with van der Waals surface area (Å²) in [5.74, 6) is 1.33. The van der Waals surface area contributed by atoms with E-state index in [1.807, 2.05) is 12.1 Å². The third kappa shape index (κ3) is 3.20. The fraction of sp³-hybridized carbons (Fsp3) is 0.600. The Labute approximate surface area is 78.8 Å². The van der Waals surface area contributed by atoms with E-state index in [-0.39, 0.29) is 12.6 Å². The van der Waals surface area contributed by atoms with Crippen LogP contribution in [0.25, 0.3) is 0 Å². The van der Waals surface area contributed by atoms with Gasteiger partial charge in [-0.15, -0.1) is 0 Å². The van der Waals surface area contributed by atoms with Crippen LogP contribution < -0.4 is 5.32 Å². The average molecular weight is 183 g/mol. The highest BCUT2D eigenvalue weighted by Crippen LogP contribution is 2.04. The Morgan fingerprint density at radius 3 is 2.77 bits per heavy atom. The Morgan fingerprint density at radius 1 is 1.54 bits per heavy atom. The maximum Gasteiger partial charge on any atom is 0.117 e. The van der Waals surface area contributed by atoms with Crippen LogP contribution in [0.4, 0.5) is 0 Å². The largest absolute Gasteiger partial charge is 0.468 e. The van der Waals surface area contributed by atoms with Crippen molar-refractivity contribution in [3.63, 3.8) is 0 Å². The molecular weight excluding hydrogens is 166 g/mol. The highest BCUT2D eigenvalue weighted by molar-refractivity contribution is 4.97. The summed E-state index contributed by atoms with van der Waals surface area (Å²) in [6.07, 6.45) is 1.65. The first-order valence-corrected chi connectivity index (χ1v) is 4.60. The van der Waals surface area contributed by atoms with Crippen LogP contribution in [-0.2, 0) is 6.54 Å². The first-order chi connectivity index (χ1) is 6.24. The molecule has 0 saturated heterocycles. The second-order valence-electron chi connectivity index (χ2n) is 3.49. The van der Waals surface area contributed by atoms with Crippen LogP contribution in [0.1, 0.15) is 19.6 Å². The Balaban J connectivity index is 2.32. The van der Waals surface area contributed by atoms with Gasteiger partial charge in [0.25, 0.3) is 0 Å². The second kappa shape index (κ2) is 5.04. The smallest absolute Gasteiger partial charge is 0.117 e. The molecular formula is C10H17NO2. The van der Waals surface area contributed by atoms with Gasteiger partial charge >= 0.3 is 0 Å². The van der Waals surface area contributed by atoms with Gasteiger partial charge in [-0.25, -0.2) is 0 Å². The van der Waals surface area contributed by atoms with Crippen molar-refractivity contribution in [2.24, 2.45) is 5.92 Å². The van der Waals surface area contributed by atoms with E-state index in [0.29, 0.717) is 12.5 Å². The van der Waals surface area contributed by atoms with E-state index < -0.39 is 0 Å². The third-order valence-corrected chi connectivity index (χ3v) is 2.12. The van der Waals surface area contributed by atoms with Gasteiger partial charge in [-0.2, -0.15) is 0 Å². The van der Waals surface area contributed by atoms with Crippen molar-refractivity contribution in [2.75, 3.05) is 6.61 Å². The van der Waals surface area contributed by atoms with Gasteiger partial charge in [-0.1, -0.05) is 13.8 Å². The van der Waals surface area contributed by atoms with Gasteiger partial charge < -0.3 is 14.8 Å². The zero-order valence-electron chi connectivity index (χ0n) is 8.16. The fourth-order valence-corrected chi connectivity index (χ4v) is 1.16. The van der Waals surface area contributed by atoms with E-state index in [1.54, 1.807) is 6.26 Å². The van der Waals surface area contributed by atoms with Crippen molar-refractivity contribution in [2.45, 2.75) is 26.4 Å². The molecule has 3 heteroatoms. The summed E-state index contributed by atoms with van der Waals surface area (Å²) in [5.41, 5.74) is 0. The van der Waals surface area contributed by atoms with Gasteiger partial charge in [-0.05, 0) is 18.1 Å². The Hall–Kier alpha value is -0.800. The van der Waals surface area contributed by atoms with Crippen molar-refractivity contribution in [1.29, 1.82) is 0 Å². The maximum atomic E-state index is 9.03. The van der Waals surface area contributed by atoms with Crippen molar-refractivity contribution in [3.05, 3.63) is 24.2 Å². The van der Waals surface area contributed by atoms with Crippen LogP contribution in [-0.4, -0.2) is 17.8 Å². The van der Waals surface area contributed by atoms with Gasteiger partial charge in [0.15, 0.2) is 0 Å². The van der Waals surface area contributed by atoms with Crippen LogP contribution in [0, 0.1) is 5.92 Å². The van der Waals surface area contributed by atoms with E-state index in [4.69, 9.17) is 9.52 Å². The highest BCUT2D eigenvalue weighted by atomic mass is 16.3. The minimum Gasteiger partial charge on any atom is -0.468 e. The minimum atomic E-state index is 0.144. The van der Waals surface area contributed by atoms with E-state index in [0.717, 1.165) is 5.76 Å². The lowest BCUT2D eigenvalue weighted by atomic mass is 10.1. The Morgan fingerprint density at radius 2 is 2.31 bits per heavy atom. The SMILES string of the molecule is CC(C)C(CO)NCc1ccco1. The molecule has 1 atom stereocenters. The van der Waals surface area contributed by atoms with Crippen LogP contribution >= 0.6 is 0 Å². The summed E-state index contributed by atoms with van der Waals surface area (Å²) >= 11 is 0. The molecule has 2 N–H and O–H groups in total. The van der Waals surface area contributed by atoms with Crippen LogP contribution in [0.5, 0.6) is 0 Å². The first-order valence-electron chi connectivity index (χ1n) is 4.60. The fourth-order valence-electron chi connectivity index (χ4n) is 1.16. The third-order valence-electron chi connectivity index (χ3n) is 2.12. The number of nitrogens with one attached hydrogen (secondary N) is 1. The summed E-state index contributed by atoms with van der Waals surface area (Å²) in [7, 11) is 0. The number of aliphatic hydroxyl groups is 1. The molecule has 0 aliphatic heterocycles. The molecule has 0 saturated carbocycles. The lowest BCUT2D eigenvalue weighted by Gasteiger charge is -2.18. The van der Waals surface area contributed by atoms with E-state index in [1.165, 1.54) is 0 Å². The van der Waals surface area contributed by atoms with Gasteiger partial charge in [0.05, 0.1) is 19.4 Å². The number of furan rings is 1. The maximum absolute atomic E-state index is 9.03. The van der Waals surface area contributed by atoms with Gasteiger partial charge in [0.1, 0.15) is 5.76 Å². The number of rotatable bonds is 5. The summed E-state index contributed by atoms with van der Waals surface area (Å²) in [6.45, 7) is 5.00. The molecule has 0 spiro atoms. The molecule has 1 aromatic heterocycles. The molecule has 3 nitrogen and oxygen atoms in total. The highest BCUT2D eigenvalue weighted by Gasteiger charge is 2.11. The van der Waals surface area contributed by atoms with E-state index in [2.05, 4.69) is 19.2 Å². The molecule has 1 aromatic rings. The van der Waals surface area contributed by atoms with Crippen molar-refractivity contribution in [3.8, 4) is 0 Å². The van der Waals surface area contributed by atoms with Gasteiger partial charge in [-0.3, -0.25) is 0 Å². The summed E-state index contributed by atoms with van der Waals surface area (Å²) in [6, 6.07) is 3.92. The molecule has 1 unspecified atom stereocenters. The lowest BCUT2D eigenvalue weighted by Crippen LogP contribution is -2.36. The molecule has 0 fully saturated rings. The van der Waals surface area contributed by atoms with Crippen molar-refractivity contribution < 1.29 is 9.52 Å². The molecule has 0 bridgehead atoms. The Bertz CT molecular complexity index is 219. The summed E-state index contributed by atoms with van der Waals surface area (Å²) in [4.78, 5) is 0.